The monoisotopic (exact) mass is 415 g/mol. The van der Waals surface area contributed by atoms with Crippen LogP contribution in [0.5, 0.6) is 23.0 Å². The van der Waals surface area contributed by atoms with Gasteiger partial charge in [0, 0.05) is 24.1 Å². The largest absolute Gasteiger partial charge is 0.493 e. The van der Waals surface area contributed by atoms with Crippen molar-refractivity contribution in [2.24, 2.45) is 0 Å². The molecule has 1 atom stereocenters. The SMILES string of the molecule is COc1ccc(CC(=O)N2CCSC(c3ccc4c(c3)OCO4)CC2)cc1OC. The van der Waals surface area contributed by atoms with E-state index in [4.69, 9.17) is 18.9 Å². The standard InChI is InChI=1S/C22H25NO5S/c1-25-17-5-3-15(11-19(17)26-2)12-22(24)23-8-7-21(29-10-9-23)16-4-6-18-20(13-16)28-14-27-18/h3-6,11,13,21H,7-10,12,14H2,1-2H3. The zero-order valence-corrected chi connectivity index (χ0v) is 17.5. The van der Waals surface area contributed by atoms with Crippen molar-refractivity contribution < 1.29 is 23.7 Å². The summed E-state index contributed by atoms with van der Waals surface area (Å²) in [6.07, 6.45) is 1.28. The van der Waals surface area contributed by atoms with Gasteiger partial charge in [0.15, 0.2) is 23.0 Å². The Hall–Kier alpha value is -2.54. The summed E-state index contributed by atoms with van der Waals surface area (Å²) < 4.78 is 21.5. The van der Waals surface area contributed by atoms with Crippen molar-refractivity contribution >= 4 is 17.7 Å². The number of rotatable bonds is 5. The molecule has 7 heteroatoms. The summed E-state index contributed by atoms with van der Waals surface area (Å²) in [6, 6.07) is 11.8. The fourth-order valence-corrected chi connectivity index (χ4v) is 4.90. The van der Waals surface area contributed by atoms with Crippen LogP contribution in [0.2, 0.25) is 0 Å². The molecule has 1 fully saturated rings. The summed E-state index contributed by atoms with van der Waals surface area (Å²) in [5.74, 6) is 3.99. The molecular weight excluding hydrogens is 390 g/mol. The van der Waals surface area contributed by atoms with E-state index in [0.29, 0.717) is 23.2 Å². The van der Waals surface area contributed by atoms with Gasteiger partial charge in [0.1, 0.15) is 0 Å². The van der Waals surface area contributed by atoms with Gasteiger partial charge < -0.3 is 23.8 Å². The van der Waals surface area contributed by atoms with Gasteiger partial charge in [-0.25, -0.2) is 0 Å². The van der Waals surface area contributed by atoms with E-state index in [1.165, 1.54) is 5.56 Å². The lowest BCUT2D eigenvalue weighted by Gasteiger charge is -2.21. The number of nitrogens with zero attached hydrogens (tertiary/aromatic N) is 1. The summed E-state index contributed by atoms with van der Waals surface area (Å²) in [4.78, 5) is 14.8. The van der Waals surface area contributed by atoms with Crippen LogP contribution in [0.15, 0.2) is 36.4 Å². The molecule has 1 amide bonds. The third-order valence-electron chi connectivity index (χ3n) is 5.27. The van der Waals surface area contributed by atoms with Crippen molar-refractivity contribution in [2.75, 3.05) is 39.9 Å². The number of carbonyl (C=O) groups excluding carboxylic acids is 1. The van der Waals surface area contributed by atoms with Gasteiger partial charge in [-0.2, -0.15) is 11.8 Å². The molecule has 2 aromatic rings. The fourth-order valence-electron chi connectivity index (χ4n) is 3.68. The first-order valence-corrected chi connectivity index (χ1v) is 10.7. The van der Waals surface area contributed by atoms with E-state index in [1.54, 1.807) is 14.2 Å². The Morgan fingerprint density at radius 2 is 1.90 bits per heavy atom. The molecule has 4 rings (SSSR count). The highest BCUT2D eigenvalue weighted by Gasteiger charge is 2.24. The van der Waals surface area contributed by atoms with Gasteiger partial charge in [-0.15, -0.1) is 0 Å². The van der Waals surface area contributed by atoms with Gasteiger partial charge in [0.05, 0.1) is 20.6 Å². The first kappa shape index (κ1) is 19.8. The maximum atomic E-state index is 12.9. The fraction of sp³-hybridized carbons (Fsp3) is 0.409. The Bertz CT molecular complexity index is 888. The van der Waals surface area contributed by atoms with Gasteiger partial charge in [0.2, 0.25) is 12.7 Å². The van der Waals surface area contributed by atoms with E-state index in [0.717, 1.165) is 42.3 Å². The number of carbonyl (C=O) groups is 1. The Labute approximate surface area is 175 Å². The van der Waals surface area contributed by atoms with Gasteiger partial charge in [-0.05, 0) is 41.8 Å². The molecule has 0 aromatic heterocycles. The maximum Gasteiger partial charge on any atom is 0.231 e. The summed E-state index contributed by atoms with van der Waals surface area (Å²) in [7, 11) is 3.21. The molecule has 0 aliphatic carbocycles. The number of benzene rings is 2. The molecule has 1 unspecified atom stereocenters. The summed E-state index contributed by atoms with van der Waals surface area (Å²) in [5.41, 5.74) is 2.16. The molecule has 0 spiro atoms. The lowest BCUT2D eigenvalue weighted by molar-refractivity contribution is -0.130. The van der Waals surface area contributed by atoms with E-state index in [1.807, 2.05) is 40.9 Å². The molecule has 2 aliphatic heterocycles. The van der Waals surface area contributed by atoms with Crippen LogP contribution in [-0.4, -0.2) is 50.7 Å². The second kappa shape index (κ2) is 8.86. The van der Waals surface area contributed by atoms with E-state index in [2.05, 4.69) is 12.1 Å². The van der Waals surface area contributed by atoms with E-state index >= 15 is 0 Å². The quantitative estimate of drug-likeness (QED) is 0.743. The molecule has 2 aliphatic rings. The van der Waals surface area contributed by atoms with Crippen LogP contribution in [-0.2, 0) is 11.2 Å². The number of fused-ring (bicyclic) bond motifs is 1. The predicted octanol–water partition coefficient (Wildman–Crippen LogP) is 3.68. The van der Waals surface area contributed by atoms with Gasteiger partial charge >= 0.3 is 0 Å². The number of methoxy groups -OCH3 is 2. The summed E-state index contributed by atoms with van der Waals surface area (Å²) in [6.45, 7) is 1.80. The first-order valence-electron chi connectivity index (χ1n) is 9.68. The molecule has 29 heavy (non-hydrogen) atoms. The van der Waals surface area contributed by atoms with Gasteiger partial charge in [-0.1, -0.05) is 12.1 Å². The van der Waals surface area contributed by atoms with Crippen LogP contribution in [0.25, 0.3) is 0 Å². The first-order chi connectivity index (χ1) is 14.2. The van der Waals surface area contributed by atoms with E-state index < -0.39 is 0 Å². The molecule has 154 valence electrons. The molecule has 6 nitrogen and oxygen atoms in total. The third kappa shape index (κ3) is 4.40. The lowest BCUT2D eigenvalue weighted by Crippen LogP contribution is -2.34. The van der Waals surface area contributed by atoms with Gasteiger partial charge in [-0.3, -0.25) is 4.79 Å². The topological polar surface area (TPSA) is 57.2 Å². The average molecular weight is 416 g/mol. The number of amides is 1. The number of hydrogen-bond acceptors (Lipinski definition) is 6. The Kier molecular flexibility index (Phi) is 6.04. The average Bonchev–Trinajstić information content (AvgIpc) is 3.08. The molecule has 0 saturated carbocycles. The minimum Gasteiger partial charge on any atom is -0.493 e. The number of hydrogen-bond donors (Lipinski definition) is 0. The maximum absolute atomic E-state index is 12.9. The molecule has 0 radical (unpaired) electrons. The Morgan fingerprint density at radius 3 is 2.72 bits per heavy atom. The minimum atomic E-state index is 0.143. The lowest BCUT2D eigenvalue weighted by atomic mass is 10.1. The van der Waals surface area contributed by atoms with Crippen molar-refractivity contribution in [1.29, 1.82) is 0 Å². The van der Waals surface area contributed by atoms with Crippen LogP contribution in [0.1, 0.15) is 22.8 Å². The highest BCUT2D eigenvalue weighted by atomic mass is 32.2. The van der Waals surface area contributed by atoms with Crippen molar-refractivity contribution in [3.05, 3.63) is 47.5 Å². The highest BCUT2D eigenvalue weighted by Crippen LogP contribution is 2.40. The van der Waals surface area contributed by atoms with Crippen molar-refractivity contribution in [1.82, 2.24) is 4.90 Å². The zero-order valence-electron chi connectivity index (χ0n) is 16.7. The molecule has 0 bridgehead atoms. The van der Waals surface area contributed by atoms with Crippen LogP contribution in [0, 0.1) is 0 Å². The second-order valence-corrected chi connectivity index (χ2v) is 8.32. The molecular formula is C22H25NO5S. The summed E-state index contributed by atoms with van der Waals surface area (Å²) in [5, 5.41) is 0.350. The number of ether oxygens (including phenoxy) is 4. The molecule has 1 saturated heterocycles. The minimum absolute atomic E-state index is 0.143. The van der Waals surface area contributed by atoms with Gasteiger partial charge in [0.25, 0.3) is 0 Å². The highest BCUT2D eigenvalue weighted by molar-refractivity contribution is 7.99. The second-order valence-electron chi connectivity index (χ2n) is 7.01. The normalized spacial score (nSPS) is 18.3. The van der Waals surface area contributed by atoms with Crippen LogP contribution in [0.3, 0.4) is 0 Å². The van der Waals surface area contributed by atoms with Crippen molar-refractivity contribution in [3.8, 4) is 23.0 Å². The molecule has 0 N–H and O–H groups in total. The zero-order chi connectivity index (χ0) is 20.2. The van der Waals surface area contributed by atoms with E-state index in [9.17, 15) is 4.79 Å². The summed E-state index contributed by atoms with van der Waals surface area (Å²) >= 11 is 1.89. The predicted molar refractivity (Wildman–Crippen MR) is 112 cm³/mol. The molecule has 2 aromatic carbocycles. The molecule has 2 heterocycles. The number of thioether (sulfide) groups is 1. The van der Waals surface area contributed by atoms with Crippen LogP contribution in [0.4, 0.5) is 0 Å². The van der Waals surface area contributed by atoms with Crippen LogP contribution < -0.4 is 18.9 Å². The van der Waals surface area contributed by atoms with E-state index in [-0.39, 0.29) is 12.7 Å². The Morgan fingerprint density at radius 1 is 1.07 bits per heavy atom. The Balaban J connectivity index is 1.38. The van der Waals surface area contributed by atoms with Crippen molar-refractivity contribution in [2.45, 2.75) is 18.1 Å². The third-order valence-corrected chi connectivity index (χ3v) is 6.59. The van der Waals surface area contributed by atoms with Crippen molar-refractivity contribution in [3.63, 3.8) is 0 Å². The smallest absolute Gasteiger partial charge is 0.231 e. The van der Waals surface area contributed by atoms with Crippen LogP contribution >= 0.6 is 11.8 Å².